The highest BCUT2D eigenvalue weighted by Crippen LogP contribution is 2.23. The van der Waals surface area contributed by atoms with Gasteiger partial charge in [-0.2, -0.15) is 0 Å². The number of hydrogen-bond donors (Lipinski definition) is 1. The molecular weight excluding hydrogens is 228 g/mol. The second-order valence-electron chi connectivity index (χ2n) is 4.15. The van der Waals surface area contributed by atoms with Crippen molar-refractivity contribution >= 4 is 17.4 Å². The summed E-state index contributed by atoms with van der Waals surface area (Å²) in [6.07, 6.45) is 1.70. The summed E-state index contributed by atoms with van der Waals surface area (Å²) in [4.78, 5) is 4.28. The molecule has 0 aliphatic heterocycles. The second kappa shape index (κ2) is 5.23. The first kappa shape index (κ1) is 12.0. The molecule has 0 atom stereocenters. The first-order chi connectivity index (χ1) is 8.15. The van der Waals surface area contributed by atoms with Crippen molar-refractivity contribution in [2.75, 3.05) is 5.73 Å². The van der Waals surface area contributed by atoms with E-state index < -0.39 is 0 Å². The lowest BCUT2D eigenvalue weighted by Crippen LogP contribution is -1.90. The monoisotopic (exact) mass is 244 g/mol. The number of nitrogen functional groups attached to an aromatic ring is 1. The zero-order chi connectivity index (χ0) is 12.3. The van der Waals surface area contributed by atoms with Crippen LogP contribution < -0.4 is 5.73 Å². The van der Waals surface area contributed by atoms with Crippen LogP contribution in [-0.4, -0.2) is 4.98 Å². The Labute approximate surface area is 106 Å². The Morgan fingerprint density at radius 3 is 2.71 bits per heavy atom. The molecule has 1 heterocycles. The topological polar surface area (TPSA) is 38.9 Å². The van der Waals surface area contributed by atoms with Crippen LogP contribution in [0.4, 0.5) is 5.69 Å². The lowest BCUT2D eigenvalue weighted by Gasteiger charge is -2.06. The third kappa shape index (κ3) is 3.24. The zero-order valence-electron chi connectivity index (χ0n) is 10.1. The number of pyridine rings is 1. The van der Waals surface area contributed by atoms with Crippen molar-refractivity contribution in [3.8, 4) is 0 Å². The van der Waals surface area contributed by atoms with Gasteiger partial charge in [0.15, 0.2) is 0 Å². The van der Waals surface area contributed by atoms with E-state index in [4.69, 9.17) is 5.73 Å². The largest absolute Gasteiger partial charge is 0.397 e. The molecule has 17 heavy (non-hydrogen) atoms. The van der Waals surface area contributed by atoms with Crippen LogP contribution in [0.3, 0.4) is 0 Å². The minimum atomic E-state index is 0.709. The van der Waals surface area contributed by atoms with Gasteiger partial charge in [-0.1, -0.05) is 23.8 Å². The average molecular weight is 244 g/mol. The highest BCUT2D eigenvalue weighted by Gasteiger charge is 2.01. The molecule has 2 aromatic rings. The minimum Gasteiger partial charge on any atom is -0.397 e. The Bertz CT molecular complexity index is 506. The van der Waals surface area contributed by atoms with Crippen molar-refractivity contribution in [3.05, 3.63) is 53.2 Å². The average Bonchev–Trinajstić information content (AvgIpc) is 2.32. The molecule has 2 nitrogen and oxygen atoms in total. The van der Waals surface area contributed by atoms with Crippen LogP contribution in [0.1, 0.15) is 16.7 Å². The molecular formula is C14H16N2S. The van der Waals surface area contributed by atoms with E-state index in [1.165, 1.54) is 16.7 Å². The third-order valence-electron chi connectivity index (χ3n) is 2.64. The SMILES string of the molecule is Cc1ccc(C)c(CSc2ccc(N)cn2)c1. The number of rotatable bonds is 3. The molecule has 0 fully saturated rings. The molecule has 2 rings (SSSR count). The summed E-state index contributed by atoms with van der Waals surface area (Å²) in [7, 11) is 0. The van der Waals surface area contributed by atoms with Gasteiger partial charge in [0.05, 0.1) is 16.9 Å². The van der Waals surface area contributed by atoms with E-state index in [1.807, 2.05) is 12.1 Å². The maximum absolute atomic E-state index is 5.61. The first-order valence-electron chi connectivity index (χ1n) is 5.55. The Morgan fingerprint density at radius 2 is 2.00 bits per heavy atom. The molecule has 0 saturated carbocycles. The molecule has 1 aromatic carbocycles. The number of nitrogens with zero attached hydrogens (tertiary/aromatic N) is 1. The maximum atomic E-state index is 5.61. The smallest absolute Gasteiger partial charge is 0.0964 e. The van der Waals surface area contributed by atoms with E-state index in [-0.39, 0.29) is 0 Å². The standard InChI is InChI=1S/C14H16N2S/c1-10-3-4-11(2)12(7-10)9-17-14-6-5-13(15)8-16-14/h3-8H,9,15H2,1-2H3. The van der Waals surface area contributed by atoms with Gasteiger partial charge in [0.2, 0.25) is 0 Å². The summed E-state index contributed by atoms with van der Waals surface area (Å²) in [5.41, 5.74) is 10.3. The molecule has 1 aromatic heterocycles. The van der Waals surface area contributed by atoms with Crippen LogP contribution in [0.2, 0.25) is 0 Å². The number of aryl methyl sites for hydroxylation is 2. The molecule has 88 valence electrons. The van der Waals surface area contributed by atoms with Crippen molar-refractivity contribution in [1.29, 1.82) is 0 Å². The van der Waals surface area contributed by atoms with Crippen LogP contribution in [0.15, 0.2) is 41.6 Å². The molecule has 0 spiro atoms. The van der Waals surface area contributed by atoms with Gasteiger partial charge < -0.3 is 5.73 Å². The molecule has 0 saturated heterocycles. The van der Waals surface area contributed by atoms with Gasteiger partial charge in [-0.05, 0) is 37.1 Å². The van der Waals surface area contributed by atoms with Crippen molar-refractivity contribution in [1.82, 2.24) is 4.98 Å². The molecule has 0 radical (unpaired) electrons. The van der Waals surface area contributed by atoms with Gasteiger partial charge in [0, 0.05) is 5.75 Å². The summed E-state index contributed by atoms with van der Waals surface area (Å²) in [5, 5.41) is 1.01. The Balaban J connectivity index is 2.07. The number of aromatic nitrogens is 1. The van der Waals surface area contributed by atoms with Crippen molar-refractivity contribution in [3.63, 3.8) is 0 Å². The summed E-state index contributed by atoms with van der Waals surface area (Å²) < 4.78 is 0. The Hall–Kier alpha value is -1.48. The van der Waals surface area contributed by atoms with Crippen LogP contribution >= 0.6 is 11.8 Å². The fourth-order valence-electron chi connectivity index (χ4n) is 1.58. The molecule has 3 heteroatoms. The van der Waals surface area contributed by atoms with E-state index in [0.29, 0.717) is 5.69 Å². The number of thioether (sulfide) groups is 1. The summed E-state index contributed by atoms with van der Waals surface area (Å²) in [5.74, 6) is 0.949. The zero-order valence-corrected chi connectivity index (χ0v) is 10.9. The minimum absolute atomic E-state index is 0.709. The van der Waals surface area contributed by atoms with Crippen LogP contribution in [0.5, 0.6) is 0 Å². The highest BCUT2D eigenvalue weighted by atomic mass is 32.2. The lowest BCUT2D eigenvalue weighted by molar-refractivity contribution is 1.13. The second-order valence-corrected chi connectivity index (χ2v) is 5.14. The van der Waals surface area contributed by atoms with Gasteiger partial charge in [-0.3, -0.25) is 0 Å². The fourth-order valence-corrected chi connectivity index (χ4v) is 2.49. The summed E-state index contributed by atoms with van der Waals surface area (Å²) in [6, 6.07) is 10.4. The van der Waals surface area contributed by atoms with E-state index in [1.54, 1.807) is 18.0 Å². The molecule has 2 N–H and O–H groups in total. The van der Waals surface area contributed by atoms with Crippen LogP contribution in [0.25, 0.3) is 0 Å². The quantitative estimate of drug-likeness (QED) is 0.839. The lowest BCUT2D eigenvalue weighted by atomic mass is 10.1. The van der Waals surface area contributed by atoms with E-state index in [0.717, 1.165) is 10.8 Å². The number of nitrogens with two attached hydrogens (primary N) is 1. The fraction of sp³-hybridized carbons (Fsp3) is 0.214. The van der Waals surface area contributed by atoms with E-state index >= 15 is 0 Å². The number of anilines is 1. The summed E-state index contributed by atoms with van der Waals surface area (Å²) in [6.45, 7) is 4.26. The van der Waals surface area contributed by atoms with Gasteiger partial charge in [-0.15, -0.1) is 11.8 Å². The molecule has 0 aliphatic rings. The number of benzene rings is 1. The molecule has 0 bridgehead atoms. The van der Waals surface area contributed by atoms with Crippen molar-refractivity contribution in [2.45, 2.75) is 24.6 Å². The highest BCUT2D eigenvalue weighted by molar-refractivity contribution is 7.98. The molecule has 0 unspecified atom stereocenters. The predicted octanol–water partition coefficient (Wildman–Crippen LogP) is 3.57. The van der Waals surface area contributed by atoms with Gasteiger partial charge >= 0.3 is 0 Å². The molecule has 0 aliphatic carbocycles. The van der Waals surface area contributed by atoms with E-state index in [2.05, 4.69) is 37.0 Å². The maximum Gasteiger partial charge on any atom is 0.0964 e. The Morgan fingerprint density at radius 1 is 1.18 bits per heavy atom. The van der Waals surface area contributed by atoms with Crippen LogP contribution in [-0.2, 0) is 5.75 Å². The first-order valence-corrected chi connectivity index (χ1v) is 6.54. The molecule has 0 amide bonds. The number of hydrogen-bond acceptors (Lipinski definition) is 3. The van der Waals surface area contributed by atoms with Gasteiger partial charge in [-0.25, -0.2) is 4.98 Å². The van der Waals surface area contributed by atoms with Crippen molar-refractivity contribution in [2.24, 2.45) is 0 Å². The Kier molecular flexibility index (Phi) is 3.69. The normalized spacial score (nSPS) is 10.5. The van der Waals surface area contributed by atoms with Gasteiger partial charge in [0.1, 0.15) is 0 Å². The van der Waals surface area contributed by atoms with Gasteiger partial charge in [0.25, 0.3) is 0 Å². The third-order valence-corrected chi connectivity index (χ3v) is 3.63. The van der Waals surface area contributed by atoms with Crippen LogP contribution in [0, 0.1) is 13.8 Å². The summed E-state index contributed by atoms with van der Waals surface area (Å²) >= 11 is 1.74. The van der Waals surface area contributed by atoms with Crippen molar-refractivity contribution < 1.29 is 0 Å². The predicted molar refractivity (Wildman–Crippen MR) is 74.1 cm³/mol. The van der Waals surface area contributed by atoms with E-state index in [9.17, 15) is 0 Å².